The minimum atomic E-state index is -1.17. The summed E-state index contributed by atoms with van der Waals surface area (Å²) in [6.45, 7) is 0.625. The number of carbonyl (C=O) groups excluding carboxylic acids is 2. The third kappa shape index (κ3) is 9.75. The molecule has 0 bridgehead atoms. The fourth-order valence-electron chi connectivity index (χ4n) is 2.92. The second kappa shape index (κ2) is 13.0. The molecule has 0 aliphatic heterocycles. The van der Waals surface area contributed by atoms with Gasteiger partial charge in [-0.15, -0.1) is 0 Å². The Morgan fingerprint density at radius 3 is 2.42 bits per heavy atom. The summed E-state index contributed by atoms with van der Waals surface area (Å²) in [4.78, 5) is 35.1. The van der Waals surface area contributed by atoms with Crippen molar-refractivity contribution in [3.05, 3.63) is 71.5 Å². The number of rotatable bonds is 12. The van der Waals surface area contributed by atoms with Crippen molar-refractivity contribution in [2.24, 2.45) is 0 Å². The monoisotopic (exact) mass is 430 g/mol. The van der Waals surface area contributed by atoms with E-state index in [-0.39, 0.29) is 25.4 Å². The molecule has 0 aliphatic carbocycles. The predicted octanol–water partition coefficient (Wildman–Crippen LogP) is 3.42. The van der Waals surface area contributed by atoms with Gasteiger partial charge >= 0.3 is 12.1 Å². The molecule has 2 aromatic carbocycles. The van der Waals surface area contributed by atoms with Gasteiger partial charge in [-0.1, -0.05) is 48.9 Å². The van der Waals surface area contributed by atoms with E-state index in [2.05, 4.69) is 10.6 Å². The van der Waals surface area contributed by atoms with E-state index in [9.17, 15) is 23.9 Å². The number of amides is 2. The summed E-state index contributed by atoms with van der Waals surface area (Å²) in [6, 6.07) is 13.9. The van der Waals surface area contributed by atoms with Crippen molar-refractivity contribution in [1.29, 1.82) is 0 Å². The van der Waals surface area contributed by atoms with Crippen LogP contribution in [0.15, 0.2) is 54.6 Å². The highest BCUT2D eigenvalue weighted by Crippen LogP contribution is 2.08. The van der Waals surface area contributed by atoms with Crippen LogP contribution >= 0.6 is 0 Å². The molecule has 3 N–H and O–H groups in total. The highest BCUT2D eigenvalue weighted by Gasteiger charge is 2.20. The summed E-state index contributed by atoms with van der Waals surface area (Å²) in [5.41, 5.74) is 1.40. The van der Waals surface area contributed by atoms with E-state index in [0.717, 1.165) is 5.56 Å². The number of carboxylic acid groups (broad SMARTS) is 1. The number of alkyl carbamates (subject to hydrolysis) is 1. The summed E-state index contributed by atoms with van der Waals surface area (Å²) in [5.74, 6) is -2.00. The Kier molecular flexibility index (Phi) is 10.0. The molecule has 31 heavy (non-hydrogen) atoms. The minimum absolute atomic E-state index is 0.00778. The van der Waals surface area contributed by atoms with Crippen molar-refractivity contribution in [3.63, 3.8) is 0 Å². The zero-order chi connectivity index (χ0) is 22.5. The summed E-state index contributed by atoms with van der Waals surface area (Å²) < 4.78 is 18.4. The second-order valence-corrected chi connectivity index (χ2v) is 7.09. The SMILES string of the molecule is O=C(CCCCCNC(=O)OCc1ccccc1)N[C@H](Cc1cccc(F)c1)C(=O)O. The van der Waals surface area contributed by atoms with Gasteiger partial charge < -0.3 is 20.5 Å². The molecule has 0 aromatic heterocycles. The molecule has 0 saturated heterocycles. The first-order chi connectivity index (χ1) is 14.9. The lowest BCUT2D eigenvalue weighted by Gasteiger charge is -2.14. The van der Waals surface area contributed by atoms with E-state index in [1.807, 2.05) is 30.3 Å². The number of nitrogens with one attached hydrogen (secondary N) is 2. The molecule has 0 spiro atoms. The molecule has 166 valence electrons. The van der Waals surface area contributed by atoms with Gasteiger partial charge in [0.05, 0.1) is 0 Å². The van der Waals surface area contributed by atoms with Crippen LogP contribution in [-0.4, -0.2) is 35.7 Å². The number of aliphatic carboxylic acids is 1. The third-order valence-corrected chi connectivity index (χ3v) is 4.52. The van der Waals surface area contributed by atoms with E-state index in [4.69, 9.17) is 4.74 Å². The lowest BCUT2D eigenvalue weighted by Crippen LogP contribution is -2.42. The molecular weight excluding hydrogens is 403 g/mol. The summed E-state index contributed by atoms with van der Waals surface area (Å²) >= 11 is 0. The molecule has 0 saturated carbocycles. The molecule has 0 aliphatic rings. The summed E-state index contributed by atoms with van der Waals surface area (Å²) in [5, 5.41) is 14.4. The van der Waals surface area contributed by atoms with Crippen LogP contribution in [0.25, 0.3) is 0 Å². The molecule has 8 heteroatoms. The van der Waals surface area contributed by atoms with Crippen molar-refractivity contribution in [3.8, 4) is 0 Å². The maximum Gasteiger partial charge on any atom is 0.407 e. The third-order valence-electron chi connectivity index (χ3n) is 4.52. The molecule has 0 radical (unpaired) electrons. The van der Waals surface area contributed by atoms with Crippen LogP contribution in [0.2, 0.25) is 0 Å². The first-order valence-corrected chi connectivity index (χ1v) is 10.1. The largest absolute Gasteiger partial charge is 0.480 e. The number of halogens is 1. The molecule has 0 unspecified atom stereocenters. The quantitative estimate of drug-likeness (QED) is 0.448. The summed E-state index contributed by atoms with van der Waals surface area (Å²) in [6.07, 6.45) is 1.59. The number of unbranched alkanes of at least 4 members (excludes halogenated alkanes) is 2. The van der Waals surface area contributed by atoms with Gasteiger partial charge in [0, 0.05) is 19.4 Å². The standard InChI is InChI=1S/C23H27FN2O5/c24-19-11-7-10-18(14-19)15-20(22(28)29)26-21(27)12-5-2-6-13-25-23(30)31-16-17-8-3-1-4-9-17/h1,3-4,7-11,14,20H,2,5-6,12-13,15-16H2,(H,25,30)(H,26,27)(H,28,29)/t20-/m1/s1. The Labute approximate surface area is 180 Å². The Bertz CT molecular complexity index is 860. The highest BCUT2D eigenvalue weighted by molar-refractivity contribution is 5.83. The van der Waals surface area contributed by atoms with Gasteiger partial charge in [-0.2, -0.15) is 0 Å². The van der Waals surface area contributed by atoms with Crippen LogP contribution in [-0.2, 0) is 27.4 Å². The Hall–Kier alpha value is -3.42. The average Bonchev–Trinajstić information content (AvgIpc) is 2.75. The summed E-state index contributed by atoms with van der Waals surface area (Å²) in [7, 11) is 0. The minimum Gasteiger partial charge on any atom is -0.480 e. The van der Waals surface area contributed by atoms with Crippen LogP contribution < -0.4 is 10.6 Å². The van der Waals surface area contributed by atoms with Gasteiger partial charge in [0.2, 0.25) is 5.91 Å². The topological polar surface area (TPSA) is 105 Å². The van der Waals surface area contributed by atoms with E-state index in [1.165, 1.54) is 18.2 Å². The smallest absolute Gasteiger partial charge is 0.407 e. The predicted molar refractivity (Wildman–Crippen MR) is 113 cm³/mol. The van der Waals surface area contributed by atoms with Crippen LogP contribution in [0.5, 0.6) is 0 Å². The van der Waals surface area contributed by atoms with E-state index < -0.39 is 23.9 Å². The molecule has 2 aromatic rings. The molecule has 1 atom stereocenters. The van der Waals surface area contributed by atoms with Crippen LogP contribution in [0.3, 0.4) is 0 Å². The van der Waals surface area contributed by atoms with Crippen molar-refractivity contribution >= 4 is 18.0 Å². The second-order valence-electron chi connectivity index (χ2n) is 7.09. The first kappa shape index (κ1) is 23.9. The molecular formula is C23H27FN2O5. The molecule has 2 amide bonds. The van der Waals surface area contributed by atoms with Crippen molar-refractivity contribution in [2.45, 2.75) is 44.8 Å². The van der Waals surface area contributed by atoms with Crippen LogP contribution in [0.1, 0.15) is 36.8 Å². The number of hydrogen-bond donors (Lipinski definition) is 3. The number of carbonyl (C=O) groups is 3. The fourth-order valence-corrected chi connectivity index (χ4v) is 2.92. The van der Waals surface area contributed by atoms with Gasteiger partial charge in [-0.25, -0.2) is 14.0 Å². The number of hydrogen-bond acceptors (Lipinski definition) is 4. The maximum atomic E-state index is 13.3. The van der Waals surface area contributed by atoms with Gasteiger partial charge in [-0.05, 0) is 36.1 Å². The zero-order valence-electron chi connectivity index (χ0n) is 17.2. The average molecular weight is 430 g/mol. The van der Waals surface area contributed by atoms with E-state index in [0.29, 0.717) is 31.4 Å². The van der Waals surface area contributed by atoms with Crippen molar-refractivity contribution in [1.82, 2.24) is 10.6 Å². The lowest BCUT2D eigenvalue weighted by atomic mass is 10.1. The number of benzene rings is 2. The lowest BCUT2D eigenvalue weighted by molar-refractivity contribution is -0.141. The Morgan fingerprint density at radius 2 is 1.71 bits per heavy atom. The molecule has 0 heterocycles. The Morgan fingerprint density at radius 1 is 0.968 bits per heavy atom. The Balaban J connectivity index is 1.58. The van der Waals surface area contributed by atoms with Gasteiger partial charge in [0.15, 0.2) is 0 Å². The highest BCUT2D eigenvalue weighted by atomic mass is 19.1. The molecule has 0 fully saturated rings. The first-order valence-electron chi connectivity index (χ1n) is 10.1. The molecule has 2 rings (SSSR count). The van der Waals surface area contributed by atoms with E-state index >= 15 is 0 Å². The van der Waals surface area contributed by atoms with Gasteiger partial charge in [0.25, 0.3) is 0 Å². The van der Waals surface area contributed by atoms with Gasteiger partial charge in [0.1, 0.15) is 18.5 Å². The van der Waals surface area contributed by atoms with E-state index in [1.54, 1.807) is 6.07 Å². The van der Waals surface area contributed by atoms with Gasteiger partial charge in [-0.3, -0.25) is 4.79 Å². The van der Waals surface area contributed by atoms with Crippen molar-refractivity contribution < 1.29 is 28.6 Å². The fraction of sp³-hybridized carbons (Fsp3) is 0.348. The van der Waals surface area contributed by atoms with Crippen LogP contribution in [0, 0.1) is 5.82 Å². The molecule has 7 nitrogen and oxygen atoms in total. The normalized spacial score (nSPS) is 11.4. The number of carboxylic acids is 1. The maximum absolute atomic E-state index is 13.3. The number of ether oxygens (including phenoxy) is 1. The van der Waals surface area contributed by atoms with Crippen LogP contribution in [0.4, 0.5) is 9.18 Å². The zero-order valence-corrected chi connectivity index (χ0v) is 17.2. The van der Waals surface area contributed by atoms with Crippen molar-refractivity contribution in [2.75, 3.05) is 6.54 Å².